The number of nitrogens with zero attached hydrogens (tertiary/aromatic N) is 1. The molecule has 0 aromatic heterocycles. The molecule has 5 nitrogen and oxygen atoms in total. The maximum Gasteiger partial charge on any atom is 0.264 e. The summed E-state index contributed by atoms with van der Waals surface area (Å²) in [6.07, 6.45) is 2.29. The van der Waals surface area contributed by atoms with E-state index >= 15 is 0 Å². The van der Waals surface area contributed by atoms with E-state index in [-0.39, 0.29) is 10.8 Å². The van der Waals surface area contributed by atoms with Crippen molar-refractivity contribution >= 4 is 21.6 Å². The van der Waals surface area contributed by atoms with Gasteiger partial charge in [0.25, 0.3) is 10.0 Å². The molecule has 25 heavy (non-hydrogen) atoms. The van der Waals surface area contributed by atoms with Crippen molar-refractivity contribution in [2.45, 2.75) is 31.1 Å². The van der Waals surface area contributed by atoms with Crippen molar-refractivity contribution in [3.8, 4) is 0 Å². The summed E-state index contributed by atoms with van der Waals surface area (Å²) >= 11 is 0. The molecule has 2 aromatic carbocycles. The molecule has 0 saturated carbocycles. The topological polar surface area (TPSA) is 66.5 Å². The van der Waals surface area contributed by atoms with E-state index in [0.29, 0.717) is 18.7 Å². The number of anilines is 1. The number of benzene rings is 2. The molecule has 0 atom stereocenters. The Morgan fingerprint density at radius 3 is 2.28 bits per heavy atom. The number of hydrogen-bond acceptors (Lipinski definition) is 3. The molecule has 1 N–H and O–H groups in total. The average Bonchev–Trinajstić information content (AvgIpc) is 2.62. The summed E-state index contributed by atoms with van der Waals surface area (Å²) in [6, 6.07) is 15.3. The van der Waals surface area contributed by atoms with Crippen LogP contribution in [0.15, 0.2) is 59.5 Å². The number of carbonyl (C=O) groups excluding carboxylic acids is 1. The molecular formula is C19H24N2O3S. The zero-order valence-electron chi connectivity index (χ0n) is 14.6. The molecule has 0 unspecified atom stereocenters. The van der Waals surface area contributed by atoms with Crippen LogP contribution in [0, 0.1) is 0 Å². The van der Waals surface area contributed by atoms with Gasteiger partial charge in [0.1, 0.15) is 0 Å². The highest BCUT2D eigenvalue weighted by Crippen LogP contribution is 2.22. The Hall–Kier alpha value is -2.34. The Labute approximate surface area is 149 Å². The molecular weight excluding hydrogens is 336 g/mol. The lowest BCUT2D eigenvalue weighted by Gasteiger charge is -2.19. The number of rotatable bonds is 8. The van der Waals surface area contributed by atoms with Crippen LogP contribution in [0.4, 0.5) is 5.69 Å². The Morgan fingerprint density at radius 1 is 1.04 bits per heavy atom. The minimum absolute atomic E-state index is 0.0218. The van der Waals surface area contributed by atoms with E-state index in [1.165, 1.54) is 11.4 Å². The maximum atomic E-state index is 12.6. The van der Waals surface area contributed by atoms with Gasteiger partial charge in [-0.15, -0.1) is 0 Å². The van der Waals surface area contributed by atoms with Gasteiger partial charge in [0.2, 0.25) is 5.91 Å². The highest BCUT2D eigenvalue weighted by atomic mass is 32.2. The van der Waals surface area contributed by atoms with Crippen molar-refractivity contribution < 1.29 is 13.2 Å². The predicted octanol–water partition coefficient (Wildman–Crippen LogP) is 2.97. The second kappa shape index (κ2) is 8.67. The van der Waals surface area contributed by atoms with Crippen molar-refractivity contribution in [3.05, 3.63) is 60.2 Å². The largest absolute Gasteiger partial charge is 0.356 e. The second-order valence-corrected chi connectivity index (χ2v) is 7.80. The van der Waals surface area contributed by atoms with Crippen molar-refractivity contribution in [1.82, 2.24) is 5.32 Å². The quantitative estimate of drug-likeness (QED) is 0.736. The van der Waals surface area contributed by atoms with Gasteiger partial charge in [-0.3, -0.25) is 9.10 Å². The minimum atomic E-state index is -3.59. The number of unbranched alkanes of at least 4 members (excludes halogenated alkanes) is 1. The van der Waals surface area contributed by atoms with Crippen molar-refractivity contribution in [3.63, 3.8) is 0 Å². The fourth-order valence-electron chi connectivity index (χ4n) is 2.37. The number of amides is 1. The first-order chi connectivity index (χ1) is 11.9. The van der Waals surface area contributed by atoms with Crippen LogP contribution in [0.1, 0.15) is 25.3 Å². The Kier molecular flexibility index (Phi) is 6.58. The van der Waals surface area contributed by atoms with Gasteiger partial charge in [0, 0.05) is 13.6 Å². The van der Waals surface area contributed by atoms with Gasteiger partial charge in [0.15, 0.2) is 0 Å². The van der Waals surface area contributed by atoms with Crippen LogP contribution < -0.4 is 9.62 Å². The van der Waals surface area contributed by atoms with Gasteiger partial charge in [-0.05, 0) is 36.2 Å². The maximum absolute atomic E-state index is 12.6. The predicted molar refractivity (Wildman–Crippen MR) is 100 cm³/mol. The van der Waals surface area contributed by atoms with Gasteiger partial charge in [-0.25, -0.2) is 8.42 Å². The van der Waals surface area contributed by atoms with Crippen LogP contribution >= 0.6 is 0 Å². The molecule has 0 bridgehead atoms. The molecule has 2 aromatic rings. The lowest BCUT2D eigenvalue weighted by atomic mass is 10.1. The van der Waals surface area contributed by atoms with E-state index in [9.17, 15) is 13.2 Å². The van der Waals surface area contributed by atoms with Crippen molar-refractivity contribution in [1.29, 1.82) is 0 Å². The first-order valence-corrected chi connectivity index (χ1v) is 9.78. The monoisotopic (exact) mass is 360 g/mol. The van der Waals surface area contributed by atoms with E-state index in [2.05, 4.69) is 12.2 Å². The summed E-state index contributed by atoms with van der Waals surface area (Å²) in [6.45, 7) is 2.76. The fraction of sp³-hybridized carbons (Fsp3) is 0.316. The van der Waals surface area contributed by atoms with Crippen LogP contribution in [-0.2, 0) is 21.2 Å². The zero-order valence-corrected chi connectivity index (χ0v) is 15.4. The molecule has 0 aliphatic heterocycles. The highest BCUT2D eigenvalue weighted by molar-refractivity contribution is 7.92. The van der Waals surface area contributed by atoms with Crippen LogP contribution in [0.2, 0.25) is 0 Å². The zero-order chi connectivity index (χ0) is 18.3. The first kappa shape index (κ1) is 19.0. The van der Waals surface area contributed by atoms with Crippen molar-refractivity contribution in [2.75, 3.05) is 17.9 Å². The van der Waals surface area contributed by atoms with Gasteiger partial charge in [-0.1, -0.05) is 43.7 Å². The molecule has 0 radical (unpaired) electrons. The molecule has 0 aliphatic carbocycles. The third-order valence-corrected chi connectivity index (χ3v) is 5.72. The van der Waals surface area contributed by atoms with E-state index < -0.39 is 10.0 Å². The molecule has 0 fully saturated rings. The Balaban J connectivity index is 2.05. The smallest absolute Gasteiger partial charge is 0.264 e. The summed E-state index contributed by atoms with van der Waals surface area (Å²) in [4.78, 5) is 12.1. The number of carbonyl (C=O) groups is 1. The second-order valence-electron chi connectivity index (χ2n) is 5.83. The lowest BCUT2D eigenvalue weighted by Crippen LogP contribution is -2.27. The van der Waals surface area contributed by atoms with E-state index in [0.717, 1.165) is 18.4 Å². The average molecular weight is 360 g/mol. The summed E-state index contributed by atoms with van der Waals surface area (Å²) in [5, 5.41) is 2.87. The molecule has 0 aliphatic rings. The van der Waals surface area contributed by atoms with Gasteiger partial charge >= 0.3 is 0 Å². The normalized spacial score (nSPS) is 11.1. The fourth-order valence-corrected chi connectivity index (χ4v) is 3.58. The van der Waals surface area contributed by atoms with E-state index in [1.807, 2.05) is 0 Å². The van der Waals surface area contributed by atoms with Crippen LogP contribution in [0.25, 0.3) is 0 Å². The molecule has 2 rings (SSSR count). The molecule has 1 amide bonds. The molecule has 6 heteroatoms. The molecule has 0 heterocycles. The highest BCUT2D eigenvalue weighted by Gasteiger charge is 2.20. The minimum Gasteiger partial charge on any atom is -0.356 e. The summed E-state index contributed by atoms with van der Waals surface area (Å²) in [7, 11) is -2.07. The van der Waals surface area contributed by atoms with E-state index in [1.54, 1.807) is 54.6 Å². The summed E-state index contributed by atoms with van der Waals surface area (Å²) < 4.78 is 26.5. The van der Waals surface area contributed by atoms with Gasteiger partial charge in [0.05, 0.1) is 17.0 Å². The first-order valence-electron chi connectivity index (χ1n) is 8.34. The number of sulfonamides is 1. The van der Waals surface area contributed by atoms with Gasteiger partial charge in [-0.2, -0.15) is 0 Å². The van der Waals surface area contributed by atoms with Gasteiger partial charge < -0.3 is 5.32 Å². The molecule has 0 spiro atoms. The Bertz CT molecular complexity index is 787. The van der Waals surface area contributed by atoms with Crippen molar-refractivity contribution in [2.24, 2.45) is 0 Å². The van der Waals surface area contributed by atoms with Crippen LogP contribution in [0.3, 0.4) is 0 Å². The third kappa shape index (κ3) is 5.06. The standard InChI is InChI=1S/C19H24N2O3S/c1-3-4-14-20-19(22)15-16-10-12-17(13-11-16)21(2)25(23,24)18-8-6-5-7-9-18/h5-13H,3-4,14-15H2,1-2H3,(H,20,22). The van der Waals surface area contributed by atoms with Crippen LogP contribution in [-0.4, -0.2) is 27.9 Å². The molecule has 134 valence electrons. The van der Waals surface area contributed by atoms with Crippen LogP contribution in [0.5, 0.6) is 0 Å². The molecule has 0 saturated heterocycles. The number of hydrogen-bond donors (Lipinski definition) is 1. The SMILES string of the molecule is CCCCNC(=O)Cc1ccc(N(C)S(=O)(=O)c2ccccc2)cc1. The summed E-state index contributed by atoms with van der Waals surface area (Å²) in [5.74, 6) is -0.0218. The number of nitrogens with one attached hydrogen (secondary N) is 1. The Morgan fingerprint density at radius 2 is 1.68 bits per heavy atom. The lowest BCUT2D eigenvalue weighted by molar-refractivity contribution is -0.120. The summed E-state index contributed by atoms with van der Waals surface area (Å²) in [5.41, 5.74) is 1.40. The van der Waals surface area contributed by atoms with E-state index in [4.69, 9.17) is 0 Å². The third-order valence-electron chi connectivity index (χ3n) is 3.92.